The third-order valence-electron chi connectivity index (χ3n) is 3.55. The Hall–Kier alpha value is -2.48. The van der Waals surface area contributed by atoms with Crippen molar-refractivity contribution in [3.8, 4) is 0 Å². The molecule has 0 N–H and O–H groups in total. The Morgan fingerprint density at radius 1 is 1.05 bits per heavy atom. The molecule has 3 rings (SSSR count). The standard InChI is InChI=1S/C18H15NO/c1-13-6-7-15(12-20)16(10-13)11-14-8-9-19-18-5-3-2-4-17(14)18/h2-10,12H,11H2,1H3. The predicted octanol–water partition coefficient (Wildman–Crippen LogP) is 3.95. The fraction of sp³-hybridized carbons (Fsp3) is 0.111. The first kappa shape index (κ1) is 12.5. The van der Waals surface area contributed by atoms with Gasteiger partial charge in [-0.3, -0.25) is 9.78 Å². The lowest BCUT2D eigenvalue weighted by molar-refractivity contribution is 0.112. The zero-order valence-electron chi connectivity index (χ0n) is 11.3. The number of hydrogen-bond acceptors (Lipinski definition) is 2. The van der Waals surface area contributed by atoms with Gasteiger partial charge in [0.05, 0.1) is 5.52 Å². The van der Waals surface area contributed by atoms with Crippen LogP contribution in [0.25, 0.3) is 10.9 Å². The summed E-state index contributed by atoms with van der Waals surface area (Å²) >= 11 is 0. The molecule has 0 aliphatic heterocycles. The van der Waals surface area contributed by atoms with Crippen molar-refractivity contribution >= 4 is 17.2 Å². The average Bonchev–Trinajstić information content (AvgIpc) is 2.48. The summed E-state index contributed by atoms with van der Waals surface area (Å²) in [6.45, 7) is 2.04. The van der Waals surface area contributed by atoms with Gasteiger partial charge in [0.25, 0.3) is 0 Å². The van der Waals surface area contributed by atoms with E-state index in [4.69, 9.17) is 0 Å². The number of para-hydroxylation sites is 1. The summed E-state index contributed by atoms with van der Waals surface area (Å²) in [6, 6.07) is 16.1. The molecule has 2 aromatic carbocycles. The molecule has 2 heteroatoms. The van der Waals surface area contributed by atoms with E-state index < -0.39 is 0 Å². The third-order valence-corrected chi connectivity index (χ3v) is 3.55. The molecule has 0 bridgehead atoms. The molecule has 2 nitrogen and oxygen atoms in total. The quantitative estimate of drug-likeness (QED) is 0.668. The van der Waals surface area contributed by atoms with Crippen LogP contribution in [0.1, 0.15) is 27.0 Å². The number of fused-ring (bicyclic) bond motifs is 1. The van der Waals surface area contributed by atoms with Gasteiger partial charge in [-0.15, -0.1) is 0 Å². The van der Waals surface area contributed by atoms with Crippen LogP contribution in [0.4, 0.5) is 0 Å². The number of aryl methyl sites for hydroxylation is 1. The van der Waals surface area contributed by atoms with Crippen molar-refractivity contribution in [2.45, 2.75) is 13.3 Å². The Kier molecular flexibility index (Phi) is 3.30. The first-order valence-corrected chi connectivity index (χ1v) is 6.65. The molecule has 0 aliphatic rings. The molecule has 1 aromatic heterocycles. The SMILES string of the molecule is Cc1ccc(C=O)c(Cc2ccnc3ccccc23)c1. The maximum absolute atomic E-state index is 11.2. The van der Waals surface area contributed by atoms with Crippen LogP contribution in [0.5, 0.6) is 0 Å². The second kappa shape index (κ2) is 5.25. The molecule has 0 saturated heterocycles. The number of benzene rings is 2. The first-order chi connectivity index (χ1) is 9.78. The number of carbonyl (C=O) groups excluding carboxylic acids is 1. The van der Waals surface area contributed by atoms with Crippen molar-refractivity contribution in [2.75, 3.05) is 0 Å². The highest BCUT2D eigenvalue weighted by Crippen LogP contribution is 2.21. The van der Waals surface area contributed by atoms with E-state index in [-0.39, 0.29) is 0 Å². The van der Waals surface area contributed by atoms with Gasteiger partial charge in [0.1, 0.15) is 6.29 Å². The van der Waals surface area contributed by atoms with Gasteiger partial charge < -0.3 is 0 Å². The zero-order valence-corrected chi connectivity index (χ0v) is 11.3. The normalized spacial score (nSPS) is 10.7. The van der Waals surface area contributed by atoms with Crippen LogP contribution in [-0.2, 0) is 6.42 Å². The van der Waals surface area contributed by atoms with Gasteiger partial charge in [0.2, 0.25) is 0 Å². The van der Waals surface area contributed by atoms with E-state index in [9.17, 15) is 4.79 Å². The van der Waals surface area contributed by atoms with Gasteiger partial charge in [0.15, 0.2) is 0 Å². The highest BCUT2D eigenvalue weighted by Gasteiger charge is 2.06. The van der Waals surface area contributed by atoms with Gasteiger partial charge in [-0.2, -0.15) is 0 Å². The average molecular weight is 261 g/mol. The van der Waals surface area contributed by atoms with Crippen LogP contribution in [0.3, 0.4) is 0 Å². The molecule has 3 aromatic rings. The van der Waals surface area contributed by atoms with Crippen LogP contribution < -0.4 is 0 Å². The molecule has 0 spiro atoms. The summed E-state index contributed by atoms with van der Waals surface area (Å²) in [5.41, 5.74) is 5.19. The molecule has 98 valence electrons. The van der Waals surface area contributed by atoms with Crippen molar-refractivity contribution in [3.05, 3.63) is 77.0 Å². The number of pyridine rings is 1. The smallest absolute Gasteiger partial charge is 0.150 e. The molecule has 0 radical (unpaired) electrons. The molecule has 0 saturated carbocycles. The van der Waals surface area contributed by atoms with E-state index in [1.54, 1.807) is 0 Å². The van der Waals surface area contributed by atoms with E-state index >= 15 is 0 Å². The largest absolute Gasteiger partial charge is 0.298 e. The minimum absolute atomic E-state index is 0.749. The lowest BCUT2D eigenvalue weighted by Gasteiger charge is -2.09. The minimum atomic E-state index is 0.749. The van der Waals surface area contributed by atoms with Crippen LogP contribution in [-0.4, -0.2) is 11.3 Å². The summed E-state index contributed by atoms with van der Waals surface area (Å²) in [5, 5.41) is 1.15. The Bertz CT molecular complexity index is 772. The summed E-state index contributed by atoms with van der Waals surface area (Å²) < 4.78 is 0. The van der Waals surface area contributed by atoms with Crippen molar-refractivity contribution in [1.29, 1.82) is 0 Å². The Morgan fingerprint density at radius 2 is 1.90 bits per heavy atom. The molecule has 0 aliphatic carbocycles. The lowest BCUT2D eigenvalue weighted by atomic mass is 9.96. The van der Waals surface area contributed by atoms with Crippen molar-refractivity contribution < 1.29 is 4.79 Å². The van der Waals surface area contributed by atoms with Crippen molar-refractivity contribution in [3.63, 3.8) is 0 Å². The fourth-order valence-corrected chi connectivity index (χ4v) is 2.52. The molecular formula is C18H15NO. The van der Waals surface area contributed by atoms with Crippen molar-refractivity contribution in [2.24, 2.45) is 0 Å². The van der Waals surface area contributed by atoms with E-state index in [1.807, 2.05) is 49.5 Å². The highest BCUT2D eigenvalue weighted by molar-refractivity contribution is 5.83. The molecule has 20 heavy (non-hydrogen) atoms. The topological polar surface area (TPSA) is 30.0 Å². The minimum Gasteiger partial charge on any atom is -0.298 e. The van der Waals surface area contributed by atoms with E-state index in [0.29, 0.717) is 0 Å². The fourth-order valence-electron chi connectivity index (χ4n) is 2.52. The van der Waals surface area contributed by atoms with E-state index in [1.165, 1.54) is 11.1 Å². The monoisotopic (exact) mass is 261 g/mol. The van der Waals surface area contributed by atoms with Gasteiger partial charge in [0, 0.05) is 17.1 Å². The second-order valence-corrected chi connectivity index (χ2v) is 4.98. The Morgan fingerprint density at radius 3 is 2.75 bits per heavy atom. The van der Waals surface area contributed by atoms with Crippen LogP contribution in [0.15, 0.2) is 54.7 Å². The maximum Gasteiger partial charge on any atom is 0.150 e. The molecular weight excluding hydrogens is 246 g/mol. The maximum atomic E-state index is 11.2. The van der Waals surface area contributed by atoms with E-state index in [0.717, 1.165) is 34.7 Å². The van der Waals surface area contributed by atoms with Gasteiger partial charge >= 0.3 is 0 Å². The van der Waals surface area contributed by atoms with Gasteiger partial charge in [-0.25, -0.2) is 0 Å². The number of hydrogen-bond donors (Lipinski definition) is 0. The molecule has 0 amide bonds. The number of aldehydes is 1. The third kappa shape index (κ3) is 2.32. The Balaban J connectivity index is 2.10. The van der Waals surface area contributed by atoms with Crippen LogP contribution in [0.2, 0.25) is 0 Å². The van der Waals surface area contributed by atoms with Crippen molar-refractivity contribution in [1.82, 2.24) is 4.98 Å². The summed E-state index contributed by atoms with van der Waals surface area (Å²) in [6.07, 6.45) is 3.50. The first-order valence-electron chi connectivity index (χ1n) is 6.65. The number of rotatable bonds is 3. The number of carbonyl (C=O) groups is 1. The molecule has 1 heterocycles. The predicted molar refractivity (Wildman–Crippen MR) is 81.1 cm³/mol. The summed E-state index contributed by atoms with van der Waals surface area (Å²) in [7, 11) is 0. The molecule has 0 unspecified atom stereocenters. The van der Waals surface area contributed by atoms with Crippen LogP contribution >= 0.6 is 0 Å². The summed E-state index contributed by atoms with van der Waals surface area (Å²) in [5.74, 6) is 0. The highest BCUT2D eigenvalue weighted by atomic mass is 16.1. The van der Waals surface area contributed by atoms with Gasteiger partial charge in [-0.1, -0.05) is 42.0 Å². The molecule has 0 atom stereocenters. The van der Waals surface area contributed by atoms with Crippen LogP contribution in [0, 0.1) is 6.92 Å². The summed E-state index contributed by atoms with van der Waals surface area (Å²) in [4.78, 5) is 15.6. The lowest BCUT2D eigenvalue weighted by Crippen LogP contribution is -1.97. The van der Waals surface area contributed by atoms with Gasteiger partial charge in [-0.05, 0) is 36.6 Å². The molecule has 0 fully saturated rings. The van der Waals surface area contributed by atoms with E-state index in [2.05, 4.69) is 17.1 Å². The second-order valence-electron chi connectivity index (χ2n) is 4.98. The zero-order chi connectivity index (χ0) is 13.9. The Labute approximate surface area is 118 Å². The number of nitrogens with zero attached hydrogens (tertiary/aromatic N) is 1. The number of aromatic nitrogens is 1.